The van der Waals surface area contributed by atoms with Gasteiger partial charge in [0.15, 0.2) is 0 Å². The summed E-state index contributed by atoms with van der Waals surface area (Å²) in [6.07, 6.45) is 8.06. The van der Waals surface area contributed by atoms with E-state index in [9.17, 15) is 4.79 Å². The number of likely N-dealkylation sites (tertiary alicyclic amines) is 1. The van der Waals surface area contributed by atoms with Crippen molar-refractivity contribution in [3.05, 3.63) is 60.2 Å². The third-order valence-electron chi connectivity index (χ3n) is 5.14. The van der Waals surface area contributed by atoms with Crippen LogP contribution in [0.5, 0.6) is 0 Å². The number of nitrogens with one attached hydrogen (secondary N) is 1. The molecule has 1 aliphatic rings. The maximum Gasteiger partial charge on any atom is 0.222 e. The fourth-order valence-corrected chi connectivity index (χ4v) is 3.79. The van der Waals surface area contributed by atoms with Crippen molar-refractivity contribution >= 4 is 16.9 Å². The summed E-state index contributed by atoms with van der Waals surface area (Å²) in [4.78, 5) is 26.8. The van der Waals surface area contributed by atoms with Crippen molar-refractivity contribution in [2.75, 3.05) is 13.1 Å². The van der Waals surface area contributed by atoms with Gasteiger partial charge in [0.1, 0.15) is 5.82 Å². The highest BCUT2D eigenvalue weighted by atomic mass is 16.2. The Kier molecular flexibility index (Phi) is 4.95. The SMILES string of the molecule is O=C(CCc1cccnc1)N1CCC[C@H](Cc2nc3ccccc3[nH]2)C1. The Hall–Kier alpha value is -2.69. The molecule has 1 N–H and O–H groups in total. The summed E-state index contributed by atoms with van der Waals surface area (Å²) in [6, 6.07) is 12.1. The highest BCUT2D eigenvalue weighted by Crippen LogP contribution is 2.22. The minimum Gasteiger partial charge on any atom is -0.342 e. The predicted octanol–water partition coefficient (Wildman–Crippen LogP) is 3.37. The smallest absolute Gasteiger partial charge is 0.222 e. The van der Waals surface area contributed by atoms with Gasteiger partial charge in [-0.15, -0.1) is 0 Å². The van der Waals surface area contributed by atoms with Gasteiger partial charge in [0.25, 0.3) is 0 Å². The molecular formula is C21H24N4O. The average Bonchev–Trinajstić information content (AvgIpc) is 3.09. The van der Waals surface area contributed by atoms with Crippen molar-refractivity contribution in [2.45, 2.75) is 32.1 Å². The third-order valence-corrected chi connectivity index (χ3v) is 5.14. The van der Waals surface area contributed by atoms with Crippen LogP contribution in [0.15, 0.2) is 48.8 Å². The maximum absolute atomic E-state index is 12.6. The molecule has 0 bridgehead atoms. The number of aromatic amines is 1. The standard InChI is InChI=1S/C21H24N4O/c26-21(10-9-16-5-3-11-22-14-16)25-12-4-6-17(15-25)13-20-23-18-7-1-2-8-19(18)24-20/h1-3,5,7-8,11,14,17H,4,6,9-10,12-13,15H2,(H,23,24)/t17-/m1/s1. The predicted molar refractivity (Wildman–Crippen MR) is 102 cm³/mol. The summed E-state index contributed by atoms with van der Waals surface area (Å²) < 4.78 is 0. The number of amides is 1. The Morgan fingerprint density at radius 3 is 3.00 bits per heavy atom. The third kappa shape index (κ3) is 3.93. The average molecular weight is 348 g/mol. The second kappa shape index (κ2) is 7.68. The molecule has 5 nitrogen and oxygen atoms in total. The second-order valence-corrected chi connectivity index (χ2v) is 7.11. The van der Waals surface area contributed by atoms with E-state index in [0.29, 0.717) is 12.3 Å². The number of aromatic nitrogens is 3. The minimum absolute atomic E-state index is 0.253. The normalized spacial score (nSPS) is 17.5. The van der Waals surface area contributed by atoms with Gasteiger partial charge in [0.05, 0.1) is 11.0 Å². The first-order chi connectivity index (χ1) is 12.8. The maximum atomic E-state index is 12.6. The fraction of sp³-hybridized carbons (Fsp3) is 0.381. The quantitative estimate of drug-likeness (QED) is 0.769. The molecule has 3 heterocycles. The van der Waals surface area contributed by atoms with Crippen LogP contribution in [-0.2, 0) is 17.6 Å². The topological polar surface area (TPSA) is 61.9 Å². The Balaban J connectivity index is 1.33. The number of rotatable bonds is 5. The Morgan fingerprint density at radius 2 is 2.15 bits per heavy atom. The van der Waals surface area contributed by atoms with Crippen molar-refractivity contribution in [3.8, 4) is 0 Å². The molecule has 1 saturated heterocycles. The molecule has 1 amide bonds. The minimum atomic E-state index is 0.253. The molecule has 1 aliphatic heterocycles. The second-order valence-electron chi connectivity index (χ2n) is 7.11. The van der Waals surface area contributed by atoms with Crippen molar-refractivity contribution in [1.82, 2.24) is 19.9 Å². The van der Waals surface area contributed by atoms with Gasteiger partial charge in [-0.25, -0.2) is 4.98 Å². The van der Waals surface area contributed by atoms with Crippen LogP contribution in [0, 0.1) is 5.92 Å². The molecule has 1 aromatic carbocycles. The number of H-pyrrole nitrogens is 1. The van der Waals surface area contributed by atoms with E-state index >= 15 is 0 Å². The molecule has 0 unspecified atom stereocenters. The van der Waals surface area contributed by atoms with Gasteiger partial charge in [-0.1, -0.05) is 18.2 Å². The first-order valence-electron chi connectivity index (χ1n) is 9.38. The lowest BCUT2D eigenvalue weighted by Gasteiger charge is -2.32. The molecular weight excluding hydrogens is 324 g/mol. The molecule has 1 atom stereocenters. The van der Waals surface area contributed by atoms with E-state index in [-0.39, 0.29) is 5.91 Å². The summed E-state index contributed by atoms with van der Waals surface area (Å²) in [5, 5.41) is 0. The van der Waals surface area contributed by atoms with E-state index in [2.05, 4.69) is 21.0 Å². The van der Waals surface area contributed by atoms with Crippen LogP contribution in [0.2, 0.25) is 0 Å². The van der Waals surface area contributed by atoms with Gasteiger partial charge in [0, 0.05) is 38.3 Å². The lowest BCUT2D eigenvalue weighted by molar-refractivity contribution is -0.133. The van der Waals surface area contributed by atoms with E-state index in [4.69, 9.17) is 0 Å². The van der Waals surface area contributed by atoms with Crippen LogP contribution < -0.4 is 0 Å². The van der Waals surface area contributed by atoms with Crippen molar-refractivity contribution in [2.24, 2.45) is 5.92 Å². The molecule has 0 spiro atoms. The number of para-hydroxylation sites is 2. The highest BCUT2D eigenvalue weighted by Gasteiger charge is 2.24. The number of nitrogens with zero attached hydrogens (tertiary/aromatic N) is 3. The highest BCUT2D eigenvalue weighted by molar-refractivity contribution is 5.76. The largest absolute Gasteiger partial charge is 0.342 e. The van der Waals surface area contributed by atoms with Crippen molar-refractivity contribution < 1.29 is 4.79 Å². The molecule has 26 heavy (non-hydrogen) atoms. The number of benzene rings is 1. The molecule has 1 fully saturated rings. The van der Waals surface area contributed by atoms with Gasteiger partial charge in [-0.3, -0.25) is 9.78 Å². The zero-order valence-electron chi connectivity index (χ0n) is 14.9. The lowest BCUT2D eigenvalue weighted by Crippen LogP contribution is -2.40. The molecule has 0 saturated carbocycles. The molecule has 134 valence electrons. The first kappa shape index (κ1) is 16.8. The molecule has 2 aromatic heterocycles. The number of hydrogen-bond donors (Lipinski definition) is 1. The van der Waals surface area contributed by atoms with Gasteiger partial charge in [0.2, 0.25) is 5.91 Å². The number of carbonyl (C=O) groups excluding carboxylic acids is 1. The Morgan fingerprint density at radius 1 is 1.23 bits per heavy atom. The number of fused-ring (bicyclic) bond motifs is 1. The number of aryl methyl sites for hydroxylation is 1. The van der Waals surface area contributed by atoms with Crippen LogP contribution in [0.3, 0.4) is 0 Å². The van der Waals surface area contributed by atoms with E-state index in [0.717, 1.165) is 61.2 Å². The number of imidazole rings is 1. The molecule has 5 heteroatoms. The number of hydrogen-bond acceptors (Lipinski definition) is 3. The van der Waals surface area contributed by atoms with Crippen LogP contribution in [0.4, 0.5) is 0 Å². The van der Waals surface area contributed by atoms with Crippen LogP contribution in [0.1, 0.15) is 30.7 Å². The van der Waals surface area contributed by atoms with Crippen LogP contribution >= 0.6 is 0 Å². The summed E-state index contributed by atoms with van der Waals surface area (Å²) >= 11 is 0. The van der Waals surface area contributed by atoms with Crippen molar-refractivity contribution in [1.29, 1.82) is 0 Å². The summed E-state index contributed by atoms with van der Waals surface area (Å²) in [7, 11) is 0. The number of carbonyl (C=O) groups is 1. The zero-order valence-corrected chi connectivity index (χ0v) is 14.9. The summed E-state index contributed by atoms with van der Waals surface area (Å²) in [5.74, 6) is 1.76. The Bertz CT molecular complexity index is 841. The summed E-state index contributed by atoms with van der Waals surface area (Å²) in [6.45, 7) is 1.71. The van der Waals surface area contributed by atoms with E-state index in [1.807, 2.05) is 41.4 Å². The molecule has 0 radical (unpaired) electrons. The van der Waals surface area contributed by atoms with E-state index in [1.165, 1.54) is 0 Å². The van der Waals surface area contributed by atoms with Gasteiger partial charge < -0.3 is 9.88 Å². The summed E-state index contributed by atoms with van der Waals surface area (Å²) in [5.41, 5.74) is 3.22. The number of pyridine rings is 1. The van der Waals surface area contributed by atoms with Gasteiger partial charge in [-0.05, 0) is 48.9 Å². The fourth-order valence-electron chi connectivity index (χ4n) is 3.79. The first-order valence-corrected chi connectivity index (χ1v) is 9.38. The number of piperidine rings is 1. The van der Waals surface area contributed by atoms with Crippen molar-refractivity contribution in [3.63, 3.8) is 0 Å². The van der Waals surface area contributed by atoms with E-state index < -0.39 is 0 Å². The van der Waals surface area contributed by atoms with Gasteiger partial charge in [-0.2, -0.15) is 0 Å². The molecule has 3 aromatic rings. The molecule has 4 rings (SSSR count). The lowest BCUT2D eigenvalue weighted by atomic mass is 9.94. The van der Waals surface area contributed by atoms with Gasteiger partial charge >= 0.3 is 0 Å². The Labute approximate surface area is 153 Å². The monoisotopic (exact) mass is 348 g/mol. The molecule has 0 aliphatic carbocycles. The van der Waals surface area contributed by atoms with Crippen LogP contribution in [0.25, 0.3) is 11.0 Å². The zero-order chi connectivity index (χ0) is 17.8. The van der Waals surface area contributed by atoms with E-state index in [1.54, 1.807) is 6.20 Å². The van der Waals surface area contributed by atoms with Crippen LogP contribution in [-0.4, -0.2) is 38.8 Å².